The zero-order valence-corrected chi connectivity index (χ0v) is 15.1. The van der Waals surface area contributed by atoms with E-state index in [4.69, 9.17) is 4.74 Å². The van der Waals surface area contributed by atoms with Gasteiger partial charge in [0, 0.05) is 24.8 Å². The highest BCUT2D eigenvalue weighted by molar-refractivity contribution is 6.01. The van der Waals surface area contributed by atoms with E-state index in [1.807, 2.05) is 0 Å². The normalized spacial score (nSPS) is 16.7. The molecule has 0 aromatic heterocycles. The van der Waals surface area contributed by atoms with Crippen LogP contribution in [0.5, 0.6) is 0 Å². The lowest BCUT2D eigenvalue weighted by atomic mass is 10.0. The van der Waals surface area contributed by atoms with E-state index in [2.05, 4.69) is 6.58 Å². The molecular formula is C21H21FN2O3. The van der Waals surface area contributed by atoms with Crippen molar-refractivity contribution >= 4 is 17.5 Å². The molecule has 2 aromatic rings. The van der Waals surface area contributed by atoms with Crippen molar-refractivity contribution in [2.24, 2.45) is 0 Å². The van der Waals surface area contributed by atoms with Crippen LogP contribution in [0.25, 0.3) is 0 Å². The van der Waals surface area contributed by atoms with E-state index in [0.717, 1.165) is 0 Å². The number of hydrogen-bond acceptors (Lipinski definition) is 3. The van der Waals surface area contributed by atoms with E-state index in [1.165, 1.54) is 23.1 Å². The summed E-state index contributed by atoms with van der Waals surface area (Å²) in [5, 5.41) is 0. The molecule has 6 heteroatoms. The molecule has 0 spiro atoms. The van der Waals surface area contributed by atoms with Crippen molar-refractivity contribution in [2.45, 2.75) is 6.04 Å². The zero-order valence-electron chi connectivity index (χ0n) is 15.1. The number of halogens is 1. The van der Waals surface area contributed by atoms with Crippen LogP contribution in [-0.2, 0) is 9.53 Å². The first-order chi connectivity index (χ1) is 13.0. The van der Waals surface area contributed by atoms with E-state index < -0.39 is 0 Å². The Balaban J connectivity index is 1.82. The molecule has 1 atom stereocenters. The number of likely N-dealkylation sites (N-methyl/N-ethyl adjacent to an activating group) is 1. The zero-order chi connectivity index (χ0) is 19.4. The molecule has 1 aliphatic heterocycles. The number of carbonyl (C=O) groups excluding carboxylic acids is 2. The molecule has 2 aromatic carbocycles. The van der Waals surface area contributed by atoms with Gasteiger partial charge in [-0.2, -0.15) is 0 Å². The SMILES string of the molecule is C=CC(=O)N(C)c1ccc(C(=O)N2CCOCC2c2cccc(F)c2)cc1. The van der Waals surface area contributed by atoms with Gasteiger partial charge in [-0.1, -0.05) is 18.7 Å². The van der Waals surface area contributed by atoms with Crippen LogP contribution in [0.15, 0.2) is 61.2 Å². The summed E-state index contributed by atoms with van der Waals surface area (Å²) in [6, 6.07) is 12.7. The molecule has 27 heavy (non-hydrogen) atoms. The maximum absolute atomic E-state index is 13.6. The van der Waals surface area contributed by atoms with Gasteiger partial charge >= 0.3 is 0 Å². The highest BCUT2D eigenvalue weighted by atomic mass is 19.1. The topological polar surface area (TPSA) is 49.9 Å². The van der Waals surface area contributed by atoms with Crippen LogP contribution in [0.4, 0.5) is 10.1 Å². The second-order valence-electron chi connectivity index (χ2n) is 6.29. The Hall–Kier alpha value is -2.99. The van der Waals surface area contributed by atoms with Crippen molar-refractivity contribution in [1.82, 2.24) is 4.90 Å². The Morgan fingerprint density at radius 2 is 2.00 bits per heavy atom. The van der Waals surface area contributed by atoms with E-state index in [1.54, 1.807) is 48.3 Å². The van der Waals surface area contributed by atoms with Gasteiger partial charge in [-0.3, -0.25) is 9.59 Å². The lowest BCUT2D eigenvalue weighted by Crippen LogP contribution is -2.43. The number of carbonyl (C=O) groups is 2. The maximum atomic E-state index is 13.6. The van der Waals surface area contributed by atoms with Gasteiger partial charge in [0.2, 0.25) is 5.91 Å². The molecular weight excluding hydrogens is 347 g/mol. The standard InChI is InChI=1S/C21H21FN2O3/c1-3-20(25)23(2)18-9-7-15(8-10-18)21(26)24-11-12-27-14-19(24)16-5-4-6-17(22)13-16/h3-10,13,19H,1,11-12,14H2,2H3. The van der Waals surface area contributed by atoms with Crippen molar-refractivity contribution in [1.29, 1.82) is 0 Å². The molecule has 140 valence electrons. The first kappa shape index (κ1) is 18.8. The first-order valence-corrected chi connectivity index (χ1v) is 8.65. The third kappa shape index (κ3) is 4.06. The van der Waals surface area contributed by atoms with Crippen LogP contribution >= 0.6 is 0 Å². The molecule has 2 amide bonds. The maximum Gasteiger partial charge on any atom is 0.254 e. The predicted molar refractivity (Wildman–Crippen MR) is 101 cm³/mol. The number of amides is 2. The van der Waals surface area contributed by atoms with Crippen molar-refractivity contribution in [2.75, 3.05) is 31.7 Å². The molecule has 1 fully saturated rings. The summed E-state index contributed by atoms with van der Waals surface area (Å²) in [7, 11) is 1.64. The average Bonchev–Trinajstić information content (AvgIpc) is 2.72. The molecule has 0 saturated carbocycles. The number of nitrogens with zero attached hydrogens (tertiary/aromatic N) is 2. The third-order valence-electron chi connectivity index (χ3n) is 4.63. The van der Waals surface area contributed by atoms with Gasteiger partial charge in [0.1, 0.15) is 5.82 Å². The number of ether oxygens (including phenoxy) is 1. The average molecular weight is 368 g/mol. The largest absolute Gasteiger partial charge is 0.377 e. The number of anilines is 1. The van der Waals surface area contributed by atoms with Gasteiger partial charge in [0.25, 0.3) is 5.91 Å². The minimum absolute atomic E-state index is 0.156. The second-order valence-corrected chi connectivity index (χ2v) is 6.29. The highest BCUT2D eigenvalue weighted by Gasteiger charge is 2.29. The van der Waals surface area contributed by atoms with E-state index in [9.17, 15) is 14.0 Å². The van der Waals surface area contributed by atoms with Crippen LogP contribution < -0.4 is 4.90 Å². The molecule has 0 radical (unpaired) electrons. The molecule has 0 bridgehead atoms. The van der Waals surface area contributed by atoms with Crippen LogP contribution in [0, 0.1) is 5.82 Å². The van der Waals surface area contributed by atoms with Crippen LogP contribution in [0.3, 0.4) is 0 Å². The summed E-state index contributed by atoms with van der Waals surface area (Å²) in [4.78, 5) is 27.9. The molecule has 1 aliphatic rings. The van der Waals surface area contributed by atoms with Crippen molar-refractivity contribution < 1.29 is 18.7 Å². The molecule has 0 aliphatic carbocycles. The van der Waals surface area contributed by atoms with Crippen molar-refractivity contribution in [3.8, 4) is 0 Å². The number of hydrogen-bond donors (Lipinski definition) is 0. The minimum atomic E-state index is -0.343. The Kier molecular flexibility index (Phi) is 5.66. The highest BCUT2D eigenvalue weighted by Crippen LogP contribution is 2.27. The third-order valence-corrected chi connectivity index (χ3v) is 4.63. The minimum Gasteiger partial charge on any atom is -0.377 e. The summed E-state index contributed by atoms with van der Waals surface area (Å²) in [6.07, 6.45) is 1.23. The van der Waals surface area contributed by atoms with Gasteiger partial charge in [-0.15, -0.1) is 0 Å². The summed E-state index contributed by atoms with van der Waals surface area (Å²) in [6.45, 7) is 4.65. The quantitative estimate of drug-likeness (QED) is 0.779. The molecule has 1 unspecified atom stereocenters. The Morgan fingerprint density at radius 1 is 1.26 bits per heavy atom. The molecule has 1 saturated heterocycles. The van der Waals surface area contributed by atoms with Crippen LogP contribution in [-0.4, -0.2) is 43.5 Å². The van der Waals surface area contributed by atoms with Gasteiger partial charge in [0.15, 0.2) is 0 Å². The summed E-state index contributed by atoms with van der Waals surface area (Å²) in [5.41, 5.74) is 1.87. The van der Waals surface area contributed by atoms with E-state index in [0.29, 0.717) is 36.6 Å². The molecule has 5 nitrogen and oxygen atoms in total. The second kappa shape index (κ2) is 8.14. The fraction of sp³-hybridized carbons (Fsp3) is 0.238. The summed E-state index contributed by atoms with van der Waals surface area (Å²) < 4.78 is 19.1. The van der Waals surface area contributed by atoms with Crippen molar-refractivity contribution in [3.63, 3.8) is 0 Å². The lowest BCUT2D eigenvalue weighted by Gasteiger charge is -2.36. The monoisotopic (exact) mass is 368 g/mol. The molecule has 1 heterocycles. The van der Waals surface area contributed by atoms with E-state index in [-0.39, 0.29) is 23.7 Å². The van der Waals surface area contributed by atoms with Gasteiger partial charge in [0.05, 0.1) is 19.3 Å². The molecule has 0 N–H and O–H groups in total. The fourth-order valence-electron chi connectivity index (χ4n) is 3.09. The van der Waals surface area contributed by atoms with Gasteiger partial charge < -0.3 is 14.5 Å². The Labute approximate surface area is 157 Å². The number of rotatable bonds is 4. The Bertz CT molecular complexity index is 851. The Morgan fingerprint density at radius 3 is 2.67 bits per heavy atom. The van der Waals surface area contributed by atoms with Crippen LogP contribution in [0.1, 0.15) is 22.0 Å². The first-order valence-electron chi connectivity index (χ1n) is 8.65. The summed E-state index contributed by atoms with van der Waals surface area (Å²) >= 11 is 0. The fourth-order valence-corrected chi connectivity index (χ4v) is 3.09. The molecule has 3 rings (SSSR count). The van der Waals surface area contributed by atoms with Gasteiger partial charge in [-0.05, 0) is 48.0 Å². The number of morpholine rings is 1. The van der Waals surface area contributed by atoms with Crippen LogP contribution in [0.2, 0.25) is 0 Å². The van der Waals surface area contributed by atoms with E-state index >= 15 is 0 Å². The smallest absolute Gasteiger partial charge is 0.254 e. The van der Waals surface area contributed by atoms with Crippen molar-refractivity contribution in [3.05, 3.63) is 78.1 Å². The lowest BCUT2D eigenvalue weighted by molar-refractivity contribution is -0.113. The number of benzene rings is 2. The predicted octanol–water partition coefficient (Wildman–Crippen LogP) is 3.19. The summed E-state index contributed by atoms with van der Waals surface area (Å²) in [5.74, 6) is -0.727. The van der Waals surface area contributed by atoms with Gasteiger partial charge in [-0.25, -0.2) is 4.39 Å².